The van der Waals surface area contributed by atoms with Gasteiger partial charge in [0.05, 0.1) is 4.90 Å². The van der Waals surface area contributed by atoms with Gasteiger partial charge in [-0.05, 0) is 72.9 Å². The number of aromatic nitrogens is 2. The van der Waals surface area contributed by atoms with Crippen LogP contribution in [0.5, 0.6) is 0 Å². The van der Waals surface area contributed by atoms with Crippen molar-refractivity contribution in [2.45, 2.75) is 43.9 Å². The van der Waals surface area contributed by atoms with Crippen LogP contribution in [0.3, 0.4) is 0 Å². The Kier molecular flexibility index (Phi) is 6.20. The highest BCUT2D eigenvalue weighted by atomic mass is 32.2. The van der Waals surface area contributed by atoms with Crippen LogP contribution in [-0.4, -0.2) is 59.7 Å². The Morgan fingerprint density at radius 3 is 2.53 bits per heavy atom. The highest BCUT2D eigenvalue weighted by Crippen LogP contribution is 2.33. The number of amides is 1. The summed E-state index contributed by atoms with van der Waals surface area (Å²) in [7, 11) is -3.62. The first-order valence-corrected chi connectivity index (χ1v) is 13.6. The van der Waals surface area contributed by atoms with E-state index >= 15 is 0 Å². The van der Waals surface area contributed by atoms with E-state index in [9.17, 15) is 13.2 Å². The minimum Gasteiger partial charge on any atom is -0.346 e. The third-order valence-electron chi connectivity index (χ3n) is 7.26. The molecule has 0 bridgehead atoms. The molecule has 2 fully saturated rings. The predicted molar refractivity (Wildman–Crippen MR) is 132 cm³/mol. The zero-order valence-electron chi connectivity index (χ0n) is 19.8. The second-order valence-corrected chi connectivity index (χ2v) is 11.9. The topological polar surface area (TPSA) is 86.4 Å². The number of aromatic amines is 1. The van der Waals surface area contributed by atoms with E-state index in [-0.39, 0.29) is 10.8 Å². The van der Waals surface area contributed by atoms with Gasteiger partial charge in [0, 0.05) is 49.5 Å². The lowest BCUT2D eigenvalue weighted by Crippen LogP contribution is -2.42. The van der Waals surface area contributed by atoms with Gasteiger partial charge < -0.3 is 9.88 Å². The maximum absolute atomic E-state index is 13.3. The number of nitrogens with one attached hydrogen (secondary N) is 1. The minimum absolute atomic E-state index is 0.100. The molecule has 4 heterocycles. The molecule has 8 heteroatoms. The summed E-state index contributed by atoms with van der Waals surface area (Å²) >= 11 is 0. The summed E-state index contributed by atoms with van der Waals surface area (Å²) in [5.74, 6) is 0.934. The average Bonchev–Trinajstić information content (AvgIpc) is 3.27. The molecule has 2 aliphatic heterocycles. The molecule has 1 aromatic carbocycles. The van der Waals surface area contributed by atoms with Gasteiger partial charge in [0.25, 0.3) is 5.91 Å². The molecule has 34 heavy (non-hydrogen) atoms. The van der Waals surface area contributed by atoms with E-state index in [4.69, 9.17) is 0 Å². The Labute approximate surface area is 201 Å². The van der Waals surface area contributed by atoms with Gasteiger partial charge in [0.1, 0.15) is 5.65 Å². The Bertz CT molecular complexity index is 1280. The smallest absolute Gasteiger partial charge is 0.253 e. The highest BCUT2D eigenvalue weighted by Gasteiger charge is 2.32. The number of likely N-dealkylation sites (tertiary alicyclic amines) is 1. The lowest BCUT2D eigenvalue weighted by molar-refractivity contribution is 0.0713. The summed E-state index contributed by atoms with van der Waals surface area (Å²) in [4.78, 5) is 22.9. The molecule has 0 saturated carbocycles. The number of piperidine rings is 2. The zero-order valence-corrected chi connectivity index (χ0v) is 20.6. The first-order valence-electron chi connectivity index (χ1n) is 12.1. The van der Waals surface area contributed by atoms with Gasteiger partial charge >= 0.3 is 0 Å². The van der Waals surface area contributed by atoms with Crippen molar-refractivity contribution in [3.05, 3.63) is 59.9 Å². The van der Waals surface area contributed by atoms with Gasteiger partial charge in [-0.2, -0.15) is 4.31 Å². The third-order valence-corrected chi connectivity index (χ3v) is 9.09. The monoisotopic (exact) mass is 480 g/mol. The van der Waals surface area contributed by atoms with Crippen LogP contribution in [0.25, 0.3) is 11.0 Å². The lowest BCUT2D eigenvalue weighted by Gasteiger charge is -2.34. The van der Waals surface area contributed by atoms with Crippen molar-refractivity contribution in [1.82, 2.24) is 19.2 Å². The second kappa shape index (κ2) is 9.15. The van der Waals surface area contributed by atoms with Crippen LogP contribution in [0.4, 0.5) is 0 Å². The van der Waals surface area contributed by atoms with Crippen LogP contribution in [0.15, 0.2) is 53.7 Å². The zero-order chi connectivity index (χ0) is 23.9. The van der Waals surface area contributed by atoms with Gasteiger partial charge in [0.15, 0.2) is 0 Å². The number of H-pyrrole nitrogens is 1. The van der Waals surface area contributed by atoms with E-state index in [0.717, 1.165) is 30.3 Å². The fraction of sp³-hybridized carbons (Fsp3) is 0.462. The van der Waals surface area contributed by atoms with Crippen LogP contribution in [0.1, 0.15) is 54.9 Å². The number of benzene rings is 1. The van der Waals surface area contributed by atoms with E-state index in [0.29, 0.717) is 49.5 Å². The Hall–Kier alpha value is -2.71. The van der Waals surface area contributed by atoms with Crippen molar-refractivity contribution in [2.24, 2.45) is 11.8 Å². The fourth-order valence-corrected chi connectivity index (χ4v) is 7.36. The molecule has 0 spiro atoms. The molecule has 2 aromatic heterocycles. The maximum Gasteiger partial charge on any atom is 0.253 e. The van der Waals surface area contributed by atoms with Gasteiger partial charge in [-0.1, -0.05) is 19.9 Å². The Morgan fingerprint density at radius 1 is 1.06 bits per heavy atom. The molecule has 2 aliphatic rings. The van der Waals surface area contributed by atoms with Crippen molar-refractivity contribution < 1.29 is 13.2 Å². The number of carbonyl (C=O) groups excluding carboxylic acids is 1. The standard InChI is InChI=1S/C26H32N4O3S/c1-18-13-19(2)17-30(16-18)34(32,33)22-6-3-5-21(14-22)26(31)29-11-8-20(9-12-29)24-15-28-25-23(24)7-4-10-27-25/h3-7,10,14-15,18-20H,8-9,11-13,16-17H2,1-2H3,(H,27,28). The normalized spacial score (nSPS) is 22.8. The molecular weight excluding hydrogens is 448 g/mol. The molecule has 1 N–H and O–H groups in total. The molecule has 1 amide bonds. The number of nitrogens with zero attached hydrogens (tertiary/aromatic N) is 3. The van der Waals surface area contributed by atoms with E-state index in [1.54, 1.807) is 34.8 Å². The van der Waals surface area contributed by atoms with Gasteiger partial charge in [-0.25, -0.2) is 13.4 Å². The Morgan fingerprint density at radius 2 is 1.79 bits per heavy atom. The summed E-state index contributed by atoms with van der Waals surface area (Å²) in [5, 5.41) is 1.14. The van der Waals surface area contributed by atoms with Crippen LogP contribution in [0, 0.1) is 11.8 Å². The lowest BCUT2D eigenvalue weighted by atomic mass is 9.89. The number of hydrogen-bond acceptors (Lipinski definition) is 4. The summed E-state index contributed by atoms with van der Waals surface area (Å²) in [6.07, 6.45) is 6.60. The second-order valence-electron chi connectivity index (χ2n) is 10.0. The summed E-state index contributed by atoms with van der Waals surface area (Å²) in [5.41, 5.74) is 2.59. The van der Waals surface area contributed by atoms with E-state index in [1.807, 2.05) is 17.2 Å². The molecule has 0 radical (unpaired) electrons. The number of fused-ring (bicyclic) bond motifs is 1. The third kappa shape index (κ3) is 4.36. The quantitative estimate of drug-likeness (QED) is 0.605. The SMILES string of the molecule is CC1CC(C)CN(S(=O)(=O)c2cccc(C(=O)N3CCC(c4c[nH]c5ncccc45)CC3)c2)C1. The van der Waals surface area contributed by atoms with Crippen molar-refractivity contribution in [2.75, 3.05) is 26.2 Å². The molecule has 2 atom stereocenters. The van der Waals surface area contributed by atoms with E-state index in [2.05, 4.69) is 29.9 Å². The van der Waals surface area contributed by atoms with Gasteiger partial charge in [0.2, 0.25) is 10.0 Å². The van der Waals surface area contributed by atoms with Crippen LogP contribution < -0.4 is 0 Å². The van der Waals surface area contributed by atoms with E-state index in [1.165, 1.54) is 5.56 Å². The van der Waals surface area contributed by atoms with Crippen LogP contribution >= 0.6 is 0 Å². The number of carbonyl (C=O) groups is 1. The number of rotatable bonds is 4. The highest BCUT2D eigenvalue weighted by molar-refractivity contribution is 7.89. The molecular formula is C26H32N4O3S. The van der Waals surface area contributed by atoms with Crippen molar-refractivity contribution >= 4 is 27.0 Å². The van der Waals surface area contributed by atoms with E-state index < -0.39 is 10.0 Å². The van der Waals surface area contributed by atoms with Crippen molar-refractivity contribution in [3.8, 4) is 0 Å². The van der Waals surface area contributed by atoms with Crippen LogP contribution in [0.2, 0.25) is 0 Å². The summed E-state index contributed by atoms with van der Waals surface area (Å²) in [6.45, 7) is 6.54. The van der Waals surface area contributed by atoms with Gasteiger partial charge in [-0.15, -0.1) is 0 Å². The first kappa shape index (κ1) is 23.1. The first-order chi connectivity index (χ1) is 16.3. The molecule has 5 rings (SSSR count). The minimum atomic E-state index is -3.62. The molecule has 3 aromatic rings. The maximum atomic E-state index is 13.3. The Balaban J connectivity index is 1.29. The van der Waals surface area contributed by atoms with Crippen molar-refractivity contribution in [1.29, 1.82) is 0 Å². The predicted octanol–water partition coefficient (Wildman–Crippen LogP) is 4.25. The number of hydrogen-bond donors (Lipinski definition) is 1. The van der Waals surface area contributed by atoms with Gasteiger partial charge in [-0.3, -0.25) is 4.79 Å². The van der Waals surface area contributed by atoms with Crippen molar-refractivity contribution in [3.63, 3.8) is 0 Å². The molecule has 7 nitrogen and oxygen atoms in total. The molecule has 180 valence electrons. The fourth-order valence-electron chi connectivity index (χ4n) is 5.63. The average molecular weight is 481 g/mol. The molecule has 2 unspecified atom stereocenters. The molecule has 2 saturated heterocycles. The summed E-state index contributed by atoms with van der Waals surface area (Å²) in [6, 6.07) is 10.6. The summed E-state index contributed by atoms with van der Waals surface area (Å²) < 4.78 is 28.2. The number of pyridine rings is 1. The van der Waals surface area contributed by atoms with Crippen LogP contribution in [-0.2, 0) is 10.0 Å². The largest absolute Gasteiger partial charge is 0.346 e. The molecule has 0 aliphatic carbocycles. The number of sulfonamides is 1.